The fraction of sp³-hybridized carbons (Fsp3) is 0.667. The van der Waals surface area contributed by atoms with E-state index in [0.29, 0.717) is 0 Å². The molecule has 2 aromatic heterocycles. The summed E-state index contributed by atoms with van der Waals surface area (Å²) in [4.78, 5) is 32.8. The Kier molecular flexibility index (Phi) is 7.63. The normalized spacial score (nSPS) is 31.6. The first kappa shape index (κ1) is 25.0. The highest BCUT2D eigenvalue weighted by Crippen LogP contribution is 2.30. The van der Waals surface area contributed by atoms with E-state index in [1.165, 1.54) is 10.9 Å². The number of hydrogen-bond acceptors (Lipinski definition) is 13. The largest absolute Gasteiger partial charge is 0.433 e. The van der Waals surface area contributed by atoms with Gasteiger partial charge in [0, 0.05) is 0 Å². The molecule has 0 amide bonds. The van der Waals surface area contributed by atoms with E-state index in [4.69, 9.17) is 30.2 Å². The number of aromatic nitrogens is 4. The smallest absolute Gasteiger partial charge is 0.310 e. The van der Waals surface area contributed by atoms with E-state index in [2.05, 4.69) is 15.0 Å². The Morgan fingerprint density at radius 2 is 2.00 bits per heavy atom. The third kappa shape index (κ3) is 5.14. The number of anilines is 1. The van der Waals surface area contributed by atoms with E-state index in [9.17, 15) is 24.9 Å². The van der Waals surface area contributed by atoms with Gasteiger partial charge in [-0.3, -0.25) is 19.1 Å². The van der Waals surface area contributed by atoms with Crippen molar-refractivity contribution in [2.75, 3.05) is 18.9 Å². The number of nitrogens with two attached hydrogens (primary N) is 1. The van der Waals surface area contributed by atoms with Gasteiger partial charge in [0.2, 0.25) is 12.2 Å². The predicted molar refractivity (Wildman–Crippen MR) is 108 cm³/mol. The van der Waals surface area contributed by atoms with Crippen LogP contribution in [0.4, 0.5) is 5.95 Å². The highest BCUT2D eigenvalue weighted by Gasteiger charge is 2.44. The quantitative estimate of drug-likeness (QED) is 0.214. The molecule has 15 nitrogen and oxygen atoms in total. The summed E-state index contributed by atoms with van der Waals surface area (Å²) in [6, 6.07) is 0. The van der Waals surface area contributed by atoms with Crippen molar-refractivity contribution in [1.82, 2.24) is 19.5 Å². The number of ether oxygens (including phenoxy) is 3. The van der Waals surface area contributed by atoms with Crippen LogP contribution >= 0.6 is 0 Å². The number of carbonyl (C=O) groups excluding carboxylic acids is 1. The summed E-state index contributed by atoms with van der Waals surface area (Å²) in [5, 5.41) is 47.0. The standard InChI is InChI=1S/C10H13N5O5.C8H14O5/c11-10-13-7-4(8(19)14-10)12-2-15(7)9-6(18)5(17)3(1-16)20-9;1-4(2)7(11)13-8-6(10)5(9)3-12-8/h2-3,5-6,9,16-18H,1H2,(H3,11,13,14,19);4-6,8-10H,3H2,1-2H3/t3-,5-,6-,9-;5-,6+,8-/m10/s1. The maximum Gasteiger partial charge on any atom is 0.310 e. The average molecular weight is 473 g/mol. The number of esters is 1. The third-order valence-electron chi connectivity index (χ3n) is 5.05. The molecule has 2 aliphatic rings. The lowest BCUT2D eigenvalue weighted by Gasteiger charge is -2.16. The Morgan fingerprint density at radius 3 is 2.55 bits per heavy atom. The third-order valence-corrected chi connectivity index (χ3v) is 5.05. The summed E-state index contributed by atoms with van der Waals surface area (Å²) < 4.78 is 16.3. The van der Waals surface area contributed by atoms with Crippen LogP contribution in [0.5, 0.6) is 0 Å². The molecule has 0 unspecified atom stereocenters. The van der Waals surface area contributed by atoms with Crippen LogP contribution in [-0.4, -0.2) is 101 Å². The van der Waals surface area contributed by atoms with E-state index >= 15 is 0 Å². The lowest BCUT2D eigenvalue weighted by molar-refractivity contribution is -0.186. The number of aliphatic hydroxyl groups is 5. The fourth-order valence-corrected chi connectivity index (χ4v) is 3.17. The summed E-state index contributed by atoms with van der Waals surface area (Å²) in [6.07, 6.45) is -6.34. The molecule has 2 aromatic rings. The maximum atomic E-state index is 11.7. The Morgan fingerprint density at radius 1 is 1.30 bits per heavy atom. The summed E-state index contributed by atoms with van der Waals surface area (Å²) in [5.74, 6) is -0.817. The van der Waals surface area contributed by atoms with Crippen LogP contribution in [0.15, 0.2) is 11.1 Å². The number of rotatable bonds is 4. The number of aliphatic hydroxyl groups excluding tert-OH is 5. The highest BCUT2D eigenvalue weighted by atomic mass is 16.7. The minimum atomic E-state index is -1.29. The van der Waals surface area contributed by atoms with Crippen molar-refractivity contribution in [1.29, 1.82) is 0 Å². The molecule has 7 atom stereocenters. The zero-order chi connectivity index (χ0) is 24.4. The minimum Gasteiger partial charge on any atom is -0.433 e. The van der Waals surface area contributed by atoms with E-state index in [1.807, 2.05) is 0 Å². The van der Waals surface area contributed by atoms with Gasteiger partial charge in [0.15, 0.2) is 17.4 Å². The van der Waals surface area contributed by atoms with Crippen molar-refractivity contribution in [3.63, 3.8) is 0 Å². The number of fused-ring (bicyclic) bond motifs is 1. The maximum absolute atomic E-state index is 11.7. The number of hydrogen-bond donors (Lipinski definition) is 7. The molecule has 0 spiro atoms. The average Bonchev–Trinajstić information content (AvgIpc) is 3.41. The first-order valence-electron chi connectivity index (χ1n) is 10.1. The molecular weight excluding hydrogens is 446 g/mol. The summed E-state index contributed by atoms with van der Waals surface area (Å²) in [7, 11) is 0. The number of nitrogens with one attached hydrogen (secondary N) is 1. The van der Waals surface area contributed by atoms with Gasteiger partial charge in [-0.25, -0.2) is 4.98 Å². The van der Waals surface area contributed by atoms with Gasteiger partial charge in [0.25, 0.3) is 5.56 Å². The Balaban J connectivity index is 0.000000205. The lowest BCUT2D eigenvalue weighted by atomic mass is 10.1. The van der Waals surface area contributed by atoms with Crippen LogP contribution in [0.25, 0.3) is 11.2 Å². The van der Waals surface area contributed by atoms with Gasteiger partial charge in [-0.1, -0.05) is 13.8 Å². The second-order valence-electron chi connectivity index (χ2n) is 7.86. The molecule has 2 fully saturated rings. The van der Waals surface area contributed by atoms with Crippen molar-refractivity contribution in [3.05, 3.63) is 16.7 Å². The molecule has 33 heavy (non-hydrogen) atoms. The molecule has 184 valence electrons. The molecule has 4 rings (SSSR count). The van der Waals surface area contributed by atoms with E-state index in [1.54, 1.807) is 13.8 Å². The van der Waals surface area contributed by atoms with Gasteiger partial charge in [-0.15, -0.1) is 0 Å². The number of aromatic amines is 1. The van der Waals surface area contributed by atoms with Crippen LogP contribution in [0.1, 0.15) is 20.1 Å². The van der Waals surface area contributed by atoms with Gasteiger partial charge >= 0.3 is 5.97 Å². The zero-order valence-corrected chi connectivity index (χ0v) is 17.8. The minimum absolute atomic E-state index is 0.00277. The van der Waals surface area contributed by atoms with Crippen molar-refractivity contribution >= 4 is 23.1 Å². The van der Waals surface area contributed by atoms with Gasteiger partial charge in [-0.05, 0) is 0 Å². The van der Waals surface area contributed by atoms with Crippen LogP contribution in [0.3, 0.4) is 0 Å². The Labute approximate surface area is 186 Å². The van der Waals surface area contributed by atoms with Crippen LogP contribution < -0.4 is 11.3 Å². The fourth-order valence-electron chi connectivity index (χ4n) is 3.17. The van der Waals surface area contributed by atoms with Crippen molar-refractivity contribution < 1.29 is 44.5 Å². The zero-order valence-electron chi connectivity index (χ0n) is 17.8. The number of carbonyl (C=O) groups is 1. The second-order valence-corrected chi connectivity index (χ2v) is 7.86. The van der Waals surface area contributed by atoms with Gasteiger partial charge < -0.3 is 45.5 Å². The van der Waals surface area contributed by atoms with Crippen molar-refractivity contribution in [3.8, 4) is 0 Å². The first-order chi connectivity index (χ1) is 15.5. The van der Waals surface area contributed by atoms with Crippen molar-refractivity contribution in [2.24, 2.45) is 5.92 Å². The molecule has 15 heteroatoms. The number of nitrogen functional groups attached to an aromatic ring is 1. The summed E-state index contributed by atoms with van der Waals surface area (Å²) in [6.45, 7) is 2.91. The molecule has 0 aliphatic carbocycles. The number of imidazole rings is 1. The molecule has 0 bridgehead atoms. The SMILES string of the molecule is CC(C)C(=O)O[C@@H]1OC[C@H](O)[C@H]1O.Nc1nc2c(ncn2[C@@H]2O[C@H](CO)[C@@H](O)[C@H]2O)c(=O)[nH]1. The van der Waals surface area contributed by atoms with E-state index in [0.717, 1.165) is 0 Å². The second kappa shape index (κ2) is 10.1. The van der Waals surface area contributed by atoms with E-state index < -0.39 is 61.2 Å². The topological polar surface area (TPSA) is 235 Å². The number of H-pyrrole nitrogens is 1. The molecule has 2 aliphatic heterocycles. The molecule has 0 aromatic carbocycles. The molecule has 0 radical (unpaired) electrons. The van der Waals surface area contributed by atoms with E-state index in [-0.39, 0.29) is 29.6 Å². The molecule has 0 saturated carbocycles. The molecular formula is C18H27N5O10. The summed E-state index contributed by atoms with van der Waals surface area (Å²) >= 11 is 0. The highest BCUT2D eigenvalue weighted by molar-refractivity contribution is 5.71. The van der Waals surface area contributed by atoms with Gasteiger partial charge in [0.1, 0.15) is 30.5 Å². The molecule has 2 saturated heterocycles. The summed E-state index contributed by atoms with van der Waals surface area (Å²) in [5.41, 5.74) is 5.12. The molecule has 8 N–H and O–H groups in total. The van der Waals surface area contributed by atoms with Gasteiger partial charge in [-0.2, -0.15) is 4.98 Å². The van der Waals surface area contributed by atoms with Crippen LogP contribution in [-0.2, 0) is 19.0 Å². The lowest BCUT2D eigenvalue weighted by Crippen LogP contribution is -2.34. The monoisotopic (exact) mass is 473 g/mol. The Bertz CT molecular complexity index is 1030. The van der Waals surface area contributed by atoms with Crippen LogP contribution in [0.2, 0.25) is 0 Å². The van der Waals surface area contributed by atoms with Crippen molar-refractivity contribution in [2.45, 2.75) is 56.9 Å². The Hall–Kier alpha value is -2.66. The number of nitrogens with zero attached hydrogens (tertiary/aromatic N) is 3. The van der Waals surface area contributed by atoms with Gasteiger partial charge in [0.05, 0.1) is 25.5 Å². The first-order valence-corrected chi connectivity index (χ1v) is 10.1. The van der Waals surface area contributed by atoms with Crippen LogP contribution in [0, 0.1) is 5.92 Å². The predicted octanol–water partition coefficient (Wildman–Crippen LogP) is -3.42. The molecule has 4 heterocycles.